The van der Waals surface area contributed by atoms with Crippen molar-refractivity contribution in [2.45, 2.75) is 12.0 Å². The molecule has 3 heteroatoms. The van der Waals surface area contributed by atoms with Gasteiger partial charge in [-0.25, -0.2) is 0 Å². The van der Waals surface area contributed by atoms with Crippen molar-refractivity contribution >= 4 is 5.69 Å². The zero-order valence-electron chi connectivity index (χ0n) is 13.1. The first-order valence-electron chi connectivity index (χ1n) is 8.09. The second-order valence-electron chi connectivity index (χ2n) is 6.62. The molecule has 4 rings (SSSR count). The zero-order chi connectivity index (χ0) is 15.1. The topological polar surface area (TPSA) is 32.5 Å². The monoisotopic (exact) mass is 293 g/mol. The lowest BCUT2D eigenvalue weighted by Crippen LogP contribution is -2.50. The van der Waals surface area contributed by atoms with E-state index in [0.717, 1.165) is 31.9 Å². The van der Waals surface area contributed by atoms with Gasteiger partial charge in [0.2, 0.25) is 0 Å². The minimum absolute atomic E-state index is 0.455. The van der Waals surface area contributed by atoms with E-state index in [4.69, 9.17) is 5.73 Å². The molecule has 2 aliphatic heterocycles. The fourth-order valence-electron chi connectivity index (χ4n) is 3.95. The van der Waals surface area contributed by atoms with Crippen LogP contribution in [0.25, 0.3) is 0 Å². The van der Waals surface area contributed by atoms with E-state index in [1.54, 1.807) is 0 Å². The first-order chi connectivity index (χ1) is 10.7. The minimum Gasteiger partial charge on any atom is -0.399 e. The van der Waals surface area contributed by atoms with Crippen molar-refractivity contribution in [3.8, 4) is 0 Å². The Labute approximate surface area is 132 Å². The molecule has 1 fully saturated rings. The summed E-state index contributed by atoms with van der Waals surface area (Å²) in [5.41, 5.74) is 11.1. The van der Waals surface area contributed by atoms with Crippen molar-refractivity contribution < 1.29 is 0 Å². The SMILES string of the molecule is CN1CCN2C[C@@H](c3ccc(N)cc3)c3ccccc3[C@@H]2C1. The van der Waals surface area contributed by atoms with Crippen molar-refractivity contribution in [1.82, 2.24) is 9.80 Å². The van der Waals surface area contributed by atoms with Crippen molar-refractivity contribution in [1.29, 1.82) is 0 Å². The molecule has 0 bridgehead atoms. The van der Waals surface area contributed by atoms with E-state index in [2.05, 4.69) is 53.2 Å². The summed E-state index contributed by atoms with van der Waals surface area (Å²) in [7, 11) is 2.23. The lowest BCUT2D eigenvalue weighted by Gasteiger charge is -2.46. The molecule has 22 heavy (non-hydrogen) atoms. The Kier molecular flexibility index (Phi) is 3.40. The van der Waals surface area contributed by atoms with Crippen LogP contribution < -0.4 is 5.73 Å². The molecule has 2 atom stereocenters. The number of rotatable bonds is 1. The van der Waals surface area contributed by atoms with Crippen molar-refractivity contribution in [3.05, 3.63) is 65.2 Å². The lowest BCUT2D eigenvalue weighted by atomic mass is 9.80. The van der Waals surface area contributed by atoms with E-state index in [-0.39, 0.29) is 0 Å². The molecular weight excluding hydrogens is 270 g/mol. The molecule has 0 spiro atoms. The zero-order valence-corrected chi connectivity index (χ0v) is 13.1. The highest BCUT2D eigenvalue weighted by molar-refractivity contribution is 5.46. The quantitative estimate of drug-likeness (QED) is 0.821. The van der Waals surface area contributed by atoms with Gasteiger partial charge in [0, 0.05) is 43.8 Å². The Morgan fingerprint density at radius 2 is 1.64 bits per heavy atom. The number of piperazine rings is 1. The van der Waals surface area contributed by atoms with E-state index in [9.17, 15) is 0 Å². The minimum atomic E-state index is 0.455. The van der Waals surface area contributed by atoms with Gasteiger partial charge in [-0.3, -0.25) is 4.90 Å². The standard InChI is InChI=1S/C19H23N3/c1-21-10-11-22-12-18(14-6-8-15(20)9-7-14)16-4-2-3-5-17(16)19(22)13-21/h2-9,18-19H,10-13,20H2,1H3/t18-,19-/m0/s1. The van der Waals surface area contributed by atoms with Crippen LogP contribution in [0.5, 0.6) is 0 Å². The summed E-state index contributed by atoms with van der Waals surface area (Å²) in [5.74, 6) is 0.455. The molecule has 0 radical (unpaired) electrons. The average Bonchev–Trinajstić information content (AvgIpc) is 2.55. The highest BCUT2D eigenvalue weighted by Gasteiger charge is 2.36. The van der Waals surface area contributed by atoms with Crippen LogP contribution in [-0.4, -0.2) is 43.0 Å². The number of anilines is 1. The third kappa shape index (κ3) is 2.31. The first-order valence-corrected chi connectivity index (χ1v) is 8.09. The third-order valence-electron chi connectivity index (χ3n) is 5.18. The smallest absolute Gasteiger partial charge is 0.0478 e. The molecule has 2 aliphatic rings. The van der Waals surface area contributed by atoms with Crippen molar-refractivity contribution in [3.63, 3.8) is 0 Å². The van der Waals surface area contributed by atoms with E-state index in [1.807, 2.05) is 12.1 Å². The van der Waals surface area contributed by atoms with E-state index in [0.29, 0.717) is 12.0 Å². The fourth-order valence-corrected chi connectivity index (χ4v) is 3.95. The normalized spacial score (nSPS) is 25.5. The Morgan fingerprint density at radius 3 is 2.41 bits per heavy atom. The van der Waals surface area contributed by atoms with Gasteiger partial charge in [0.25, 0.3) is 0 Å². The molecule has 1 saturated heterocycles. The van der Waals surface area contributed by atoms with Crippen LogP contribution in [0.15, 0.2) is 48.5 Å². The van der Waals surface area contributed by atoms with Gasteiger partial charge in [-0.05, 0) is 35.9 Å². The van der Waals surface area contributed by atoms with E-state index >= 15 is 0 Å². The van der Waals surface area contributed by atoms with Crippen LogP contribution >= 0.6 is 0 Å². The highest BCUT2D eigenvalue weighted by Crippen LogP contribution is 2.40. The molecule has 2 aromatic rings. The van der Waals surface area contributed by atoms with Gasteiger partial charge >= 0.3 is 0 Å². The lowest BCUT2D eigenvalue weighted by molar-refractivity contribution is 0.0772. The maximum atomic E-state index is 5.86. The molecule has 0 amide bonds. The van der Waals surface area contributed by atoms with Gasteiger partial charge in [0.15, 0.2) is 0 Å². The summed E-state index contributed by atoms with van der Waals surface area (Å²) in [5, 5.41) is 0. The summed E-state index contributed by atoms with van der Waals surface area (Å²) < 4.78 is 0. The molecule has 0 unspecified atom stereocenters. The van der Waals surface area contributed by atoms with Crippen LogP contribution in [0.3, 0.4) is 0 Å². The second-order valence-corrected chi connectivity index (χ2v) is 6.62. The number of nitrogens with two attached hydrogens (primary N) is 1. The van der Waals surface area contributed by atoms with Crippen LogP contribution in [0.1, 0.15) is 28.7 Å². The van der Waals surface area contributed by atoms with Gasteiger partial charge in [0.05, 0.1) is 0 Å². The molecule has 0 aromatic heterocycles. The average molecular weight is 293 g/mol. The predicted octanol–water partition coefficient (Wildman–Crippen LogP) is 2.70. The van der Waals surface area contributed by atoms with Gasteiger partial charge in [-0.15, -0.1) is 0 Å². The summed E-state index contributed by atoms with van der Waals surface area (Å²) in [6, 6.07) is 17.9. The van der Waals surface area contributed by atoms with Crippen LogP contribution in [-0.2, 0) is 0 Å². The highest BCUT2D eigenvalue weighted by atomic mass is 15.3. The molecule has 0 aliphatic carbocycles. The summed E-state index contributed by atoms with van der Waals surface area (Å²) >= 11 is 0. The number of hydrogen-bond acceptors (Lipinski definition) is 3. The number of fused-ring (bicyclic) bond motifs is 3. The molecule has 2 aromatic carbocycles. The van der Waals surface area contributed by atoms with E-state index in [1.165, 1.54) is 16.7 Å². The van der Waals surface area contributed by atoms with Gasteiger partial charge in [0.1, 0.15) is 0 Å². The third-order valence-corrected chi connectivity index (χ3v) is 5.18. The van der Waals surface area contributed by atoms with Crippen molar-refractivity contribution in [2.24, 2.45) is 0 Å². The molecule has 0 saturated carbocycles. The maximum Gasteiger partial charge on any atom is 0.0478 e. The summed E-state index contributed by atoms with van der Waals surface area (Å²) in [4.78, 5) is 5.10. The van der Waals surface area contributed by atoms with Crippen LogP contribution in [0.2, 0.25) is 0 Å². The summed E-state index contributed by atoms with van der Waals surface area (Å²) in [6.07, 6.45) is 0. The van der Waals surface area contributed by atoms with Crippen LogP contribution in [0, 0.1) is 0 Å². The molecular formula is C19H23N3. The number of benzene rings is 2. The molecule has 3 nitrogen and oxygen atoms in total. The number of nitrogens with zero attached hydrogens (tertiary/aromatic N) is 2. The number of likely N-dealkylation sites (N-methyl/N-ethyl adjacent to an activating group) is 1. The van der Waals surface area contributed by atoms with Crippen LogP contribution in [0.4, 0.5) is 5.69 Å². The van der Waals surface area contributed by atoms with E-state index < -0.39 is 0 Å². The largest absolute Gasteiger partial charge is 0.399 e. The maximum absolute atomic E-state index is 5.86. The Hall–Kier alpha value is -1.84. The second kappa shape index (κ2) is 5.41. The van der Waals surface area contributed by atoms with Gasteiger partial charge in [-0.2, -0.15) is 0 Å². The van der Waals surface area contributed by atoms with Crippen molar-refractivity contribution in [2.75, 3.05) is 39.0 Å². The molecule has 2 N–H and O–H groups in total. The summed E-state index contributed by atoms with van der Waals surface area (Å²) in [6.45, 7) is 4.55. The Bertz CT molecular complexity index is 665. The predicted molar refractivity (Wildman–Crippen MR) is 91.0 cm³/mol. The Balaban J connectivity index is 1.77. The van der Waals surface area contributed by atoms with Gasteiger partial charge < -0.3 is 10.6 Å². The fraction of sp³-hybridized carbons (Fsp3) is 0.368. The Morgan fingerprint density at radius 1 is 0.909 bits per heavy atom. The van der Waals surface area contributed by atoms with Gasteiger partial charge in [-0.1, -0.05) is 36.4 Å². The first kappa shape index (κ1) is 13.8. The number of hydrogen-bond donors (Lipinski definition) is 1. The molecule has 114 valence electrons. The number of nitrogen functional groups attached to an aromatic ring is 1. The molecule has 2 heterocycles.